The van der Waals surface area contributed by atoms with Crippen LogP contribution in [0, 0.1) is 10.5 Å². The molecule has 0 spiro atoms. The third-order valence-electron chi connectivity index (χ3n) is 1.85. The topological polar surface area (TPSA) is 38.9 Å². The second-order valence-corrected chi connectivity index (χ2v) is 3.76. The maximum Gasteiger partial charge on any atom is 0.280 e. The fraction of sp³-hybridized carbons (Fsp3) is 0.375. The molecule has 0 aliphatic rings. The lowest BCUT2D eigenvalue weighted by Gasteiger charge is -2.10. The van der Waals surface area contributed by atoms with E-state index in [1.807, 2.05) is 0 Å². The summed E-state index contributed by atoms with van der Waals surface area (Å²) >= 11 is 2.05. The van der Waals surface area contributed by atoms with Crippen molar-refractivity contribution in [1.82, 2.24) is 4.98 Å². The van der Waals surface area contributed by atoms with Crippen LogP contribution >= 0.6 is 22.6 Å². The first-order valence-corrected chi connectivity index (χ1v) is 4.78. The predicted octanol–water partition coefficient (Wildman–Crippen LogP) is 2.39. The van der Waals surface area contributed by atoms with E-state index in [1.165, 1.54) is 6.20 Å². The lowest BCUT2D eigenvalue weighted by Crippen LogP contribution is -2.08. The zero-order chi connectivity index (χ0) is 10.0. The van der Waals surface area contributed by atoms with E-state index in [1.54, 1.807) is 6.92 Å². The molecule has 5 heteroatoms. The molecule has 1 aromatic heterocycles. The van der Waals surface area contributed by atoms with Crippen LogP contribution in [0.1, 0.15) is 23.2 Å². The van der Waals surface area contributed by atoms with Crippen LogP contribution in [-0.2, 0) is 6.54 Å². The molecular formula is C8H9F2IN2. The van der Waals surface area contributed by atoms with Crippen LogP contribution < -0.4 is 5.73 Å². The standard InChI is InChI=1S/C8H9F2IN2/c1-4-5(2-12)7(8(9)10)13-3-6(4)11/h3,8H,2,12H2,1H3. The minimum absolute atomic E-state index is 0.106. The quantitative estimate of drug-likeness (QED) is 0.852. The molecule has 1 aromatic rings. The van der Waals surface area contributed by atoms with Gasteiger partial charge in [0.25, 0.3) is 6.43 Å². The Morgan fingerprint density at radius 2 is 2.23 bits per heavy atom. The number of pyridine rings is 1. The van der Waals surface area contributed by atoms with Crippen molar-refractivity contribution in [3.8, 4) is 0 Å². The summed E-state index contributed by atoms with van der Waals surface area (Å²) in [6, 6.07) is 0. The van der Waals surface area contributed by atoms with Crippen molar-refractivity contribution in [3.63, 3.8) is 0 Å². The number of nitrogens with two attached hydrogens (primary N) is 1. The molecule has 0 aromatic carbocycles. The van der Waals surface area contributed by atoms with Gasteiger partial charge in [0, 0.05) is 16.3 Å². The number of hydrogen-bond donors (Lipinski definition) is 1. The number of alkyl halides is 2. The average Bonchev–Trinajstić information content (AvgIpc) is 2.09. The van der Waals surface area contributed by atoms with Gasteiger partial charge in [-0.1, -0.05) is 0 Å². The summed E-state index contributed by atoms with van der Waals surface area (Å²) in [5, 5.41) is 0. The van der Waals surface area contributed by atoms with Crippen molar-refractivity contribution < 1.29 is 8.78 Å². The molecule has 1 rings (SSSR count). The van der Waals surface area contributed by atoms with Crippen LogP contribution in [0.2, 0.25) is 0 Å². The largest absolute Gasteiger partial charge is 0.326 e. The summed E-state index contributed by atoms with van der Waals surface area (Å²) < 4.78 is 25.7. The second-order valence-electron chi connectivity index (χ2n) is 2.60. The lowest BCUT2D eigenvalue weighted by molar-refractivity contribution is 0.144. The lowest BCUT2D eigenvalue weighted by atomic mass is 10.1. The number of rotatable bonds is 2. The van der Waals surface area contributed by atoms with Crippen molar-refractivity contribution in [2.24, 2.45) is 5.73 Å². The van der Waals surface area contributed by atoms with E-state index >= 15 is 0 Å². The molecule has 0 saturated heterocycles. The van der Waals surface area contributed by atoms with E-state index in [9.17, 15) is 8.78 Å². The van der Waals surface area contributed by atoms with Gasteiger partial charge in [0.05, 0.1) is 0 Å². The van der Waals surface area contributed by atoms with Gasteiger partial charge in [-0.2, -0.15) is 0 Å². The first kappa shape index (κ1) is 10.8. The third-order valence-corrected chi connectivity index (χ3v) is 2.94. The minimum Gasteiger partial charge on any atom is -0.326 e. The average molecular weight is 298 g/mol. The van der Waals surface area contributed by atoms with E-state index in [2.05, 4.69) is 27.6 Å². The highest BCUT2D eigenvalue weighted by atomic mass is 127. The summed E-state index contributed by atoms with van der Waals surface area (Å²) in [5.41, 5.74) is 6.45. The maximum atomic E-state index is 12.4. The molecule has 2 nitrogen and oxygen atoms in total. The second kappa shape index (κ2) is 4.28. The molecule has 72 valence electrons. The van der Waals surface area contributed by atoms with E-state index in [-0.39, 0.29) is 12.2 Å². The van der Waals surface area contributed by atoms with Gasteiger partial charge in [-0.25, -0.2) is 8.78 Å². The Bertz CT molecular complexity index is 315. The molecule has 0 bridgehead atoms. The Kier molecular flexibility index (Phi) is 3.55. The monoisotopic (exact) mass is 298 g/mol. The normalized spacial score (nSPS) is 10.9. The molecule has 0 saturated carbocycles. The SMILES string of the molecule is Cc1c(I)cnc(C(F)F)c1CN. The van der Waals surface area contributed by atoms with E-state index in [0.717, 1.165) is 9.13 Å². The van der Waals surface area contributed by atoms with Crippen molar-refractivity contribution in [2.75, 3.05) is 0 Å². The van der Waals surface area contributed by atoms with E-state index < -0.39 is 6.43 Å². The fourth-order valence-electron chi connectivity index (χ4n) is 1.08. The molecular weight excluding hydrogens is 289 g/mol. The Hall–Kier alpha value is -0.300. The predicted molar refractivity (Wildman–Crippen MR) is 54.5 cm³/mol. The molecule has 0 amide bonds. The van der Waals surface area contributed by atoms with Gasteiger partial charge in [0.15, 0.2) is 0 Å². The Balaban J connectivity index is 3.30. The summed E-state index contributed by atoms with van der Waals surface area (Å²) in [7, 11) is 0. The zero-order valence-electron chi connectivity index (χ0n) is 7.02. The minimum atomic E-state index is -2.55. The summed E-state index contributed by atoms with van der Waals surface area (Å²) in [4.78, 5) is 3.67. The third kappa shape index (κ3) is 2.14. The van der Waals surface area contributed by atoms with Gasteiger partial charge in [0.2, 0.25) is 0 Å². The van der Waals surface area contributed by atoms with Gasteiger partial charge in [-0.3, -0.25) is 4.98 Å². The van der Waals surface area contributed by atoms with Crippen molar-refractivity contribution in [2.45, 2.75) is 19.9 Å². The first-order chi connectivity index (χ1) is 6.07. The van der Waals surface area contributed by atoms with Gasteiger partial charge in [-0.15, -0.1) is 0 Å². The fourth-order valence-corrected chi connectivity index (χ4v) is 1.55. The van der Waals surface area contributed by atoms with E-state index in [0.29, 0.717) is 5.56 Å². The Morgan fingerprint density at radius 3 is 2.69 bits per heavy atom. The zero-order valence-corrected chi connectivity index (χ0v) is 9.18. The molecule has 13 heavy (non-hydrogen) atoms. The smallest absolute Gasteiger partial charge is 0.280 e. The molecule has 0 atom stereocenters. The molecule has 0 aliphatic carbocycles. The van der Waals surface area contributed by atoms with E-state index in [4.69, 9.17) is 5.73 Å². The van der Waals surface area contributed by atoms with Gasteiger partial charge in [-0.05, 0) is 40.6 Å². The highest BCUT2D eigenvalue weighted by molar-refractivity contribution is 14.1. The highest BCUT2D eigenvalue weighted by Gasteiger charge is 2.16. The Labute approximate surface area is 88.7 Å². The number of halogens is 3. The number of aromatic nitrogens is 1. The van der Waals surface area contributed by atoms with Crippen molar-refractivity contribution >= 4 is 22.6 Å². The van der Waals surface area contributed by atoms with Crippen LogP contribution in [0.25, 0.3) is 0 Å². The van der Waals surface area contributed by atoms with Gasteiger partial charge >= 0.3 is 0 Å². The van der Waals surface area contributed by atoms with Crippen LogP contribution in [-0.4, -0.2) is 4.98 Å². The molecule has 1 heterocycles. The summed E-state index contributed by atoms with van der Waals surface area (Å²) in [6.45, 7) is 1.88. The van der Waals surface area contributed by atoms with Crippen LogP contribution in [0.15, 0.2) is 6.20 Å². The highest BCUT2D eigenvalue weighted by Crippen LogP contribution is 2.25. The van der Waals surface area contributed by atoms with Crippen molar-refractivity contribution in [3.05, 3.63) is 26.6 Å². The molecule has 0 unspecified atom stereocenters. The molecule has 0 aliphatic heterocycles. The molecule has 0 fully saturated rings. The van der Waals surface area contributed by atoms with Crippen molar-refractivity contribution in [1.29, 1.82) is 0 Å². The number of nitrogens with zero attached hydrogens (tertiary/aromatic N) is 1. The van der Waals surface area contributed by atoms with Crippen LogP contribution in [0.4, 0.5) is 8.78 Å². The van der Waals surface area contributed by atoms with Crippen LogP contribution in [0.5, 0.6) is 0 Å². The Morgan fingerprint density at radius 1 is 1.62 bits per heavy atom. The summed E-state index contributed by atoms with van der Waals surface area (Å²) in [6.07, 6.45) is -1.11. The molecule has 0 radical (unpaired) electrons. The molecule has 2 N–H and O–H groups in total. The summed E-state index contributed by atoms with van der Waals surface area (Å²) in [5.74, 6) is 0. The number of hydrogen-bond acceptors (Lipinski definition) is 2. The van der Waals surface area contributed by atoms with Crippen LogP contribution in [0.3, 0.4) is 0 Å². The van der Waals surface area contributed by atoms with Gasteiger partial charge < -0.3 is 5.73 Å². The van der Waals surface area contributed by atoms with Gasteiger partial charge in [0.1, 0.15) is 5.69 Å². The maximum absolute atomic E-state index is 12.4. The first-order valence-electron chi connectivity index (χ1n) is 3.70.